The minimum atomic E-state index is -0.318. The van der Waals surface area contributed by atoms with Crippen LogP contribution in [0.2, 0.25) is 0 Å². The van der Waals surface area contributed by atoms with Crippen LogP contribution in [0.4, 0.5) is 0 Å². The van der Waals surface area contributed by atoms with Crippen LogP contribution >= 0.6 is 0 Å². The van der Waals surface area contributed by atoms with Gasteiger partial charge in [-0.25, -0.2) is 0 Å². The maximum Gasteiger partial charge on any atom is 0.286 e. The Labute approximate surface area is 141 Å². The van der Waals surface area contributed by atoms with Crippen molar-refractivity contribution in [2.24, 2.45) is 0 Å². The van der Waals surface area contributed by atoms with Crippen molar-refractivity contribution in [3.8, 4) is 5.75 Å². The highest BCUT2D eigenvalue weighted by Gasteiger charge is 2.12. The number of carbonyl (C=O) groups is 2. The van der Waals surface area contributed by atoms with E-state index in [0.717, 1.165) is 11.3 Å². The lowest BCUT2D eigenvalue weighted by Crippen LogP contribution is -2.31. The van der Waals surface area contributed by atoms with Crippen molar-refractivity contribution in [1.29, 1.82) is 0 Å². The molecule has 0 spiro atoms. The van der Waals surface area contributed by atoms with Crippen LogP contribution in [-0.2, 0) is 11.3 Å². The standard InChI is InChI=1S/C18H22N2O4/c1-3-23-15-8-6-14(7-9-15)13-20(2)17(21)10-11-19-18(22)16-5-4-12-24-16/h4-9,12H,3,10-11,13H2,1-2H3,(H,19,22). The summed E-state index contributed by atoms with van der Waals surface area (Å²) in [5.74, 6) is 0.701. The molecule has 1 aromatic heterocycles. The first-order chi connectivity index (χ1) is 11.6. The Morgan fingerprint density at radius 1 is 1.21 bits per heavy atom. The van der Waals surface area contributed by atoms with Gasteiger partial charge < -0.3 is 19.4 Å². The summed E-state index contributed by atoms with van der Waals surface area (Å²) in [6.45, 7) is 3.34. The molecule has 0 saturated heterocycles. The van der Waals surface area contributed by atoms with Crippen LogP contribution in [0.5, 0.6) is 5.75 Å². The molecule has 0 fully saturated rings. The van der Waals surface area contributed by atoms with Gasteiger partial charge in [0.05, 0.1) is 12.9 Å². The SMILES string of the molecule is CCOc1ccc(CN(C)C(=O)CCNC(=O)c2ccco2)cc1. The van der Waals surface area contributed by atoms with Gasteiger partial charge in [-0.05, 0) is 36.8 Å². The zero-order valence-corrected chi connectivity index (χ0v) is 14.0. The lowest BCUT2D eigenvalue weighted by atomic mass is 10.2. The van der Waals surface area contributed by atoms with Crippen molar-refractivity contribution < 1.29 is 18.7 Å². The third-order valence-electron chi connectivity index (χ3n) is 3.45. The van der Waals surface area contributed by atoms with Gasteiger partial charge in [0.2, 0.25) is 5.91 Å². The second-order valence-corrected chi connectivity index (χ2v) is 5.31. The number of benzene rings is 1. The number of nitrogens with one attached hydrogen (secondary N) is 1. The zero-order valence-electron chi connectivity index (χ0n) is 14.0. The number of carbonyl (C=O) groups excluding carboxylic acids is 2. The first-order valence-corrected chi connectivity index (χ1v) is 7.87. The Hall–Kier alpha value is -2.76. The zero-order chi connectivity index (χ0) is 17.4. The van der Waals surface area contributed by atoms with E-state index < -0.39 is 0 Å². The molecule has 1 N–H and O–H groups in total. The van der Waals surface area contributed by atoms with Gasteiger partial charge in [0.1, 0.15) is 5.75 Å². The van der Waals surface area contributed by atoms with E-state index in [1.807, 2.05) is 31.2 Å². The predicted octanol–water partition coefficient (Wildman–Crippen LogP) is 2.46. The first-order valence-electron chi connectivity index (χ1n) is 7.87. The molecule has 0 radical (unpaired) electrons. The van der Waals surface area contributed by atoms with Crippen molar-refractivity contribution in [1.82, 2.24) is 10.2 Å². The number of nitrogens with zero attached hydrogens (tertiary/aromatic N) is 1. The summed E-state index contributed by atoms with van der Waals surface area (Å²) in [5.41, 5.74) is 1.02. The van der Waals surface area contributed by atoms with Crippen LogP contribution in [0.1, 0.15) is 29.5 Å². The molecule has 1 aromatic carbocycles. The Morgan fingerprint density at radius 3 is 2.58 bits per heavy atom. The summed E-state index contributed by atoms with van der Waals surface area (Å²) >= 11 is 0. The molecular weight excluding hydrogens is 308 g/mol. The third-order valence-corrected chi connectivity index (χ3v) is 3.45. The molecule has 0 aliphatic rings. The number of amides is 2. The molecule has 0 saturated carbocycles. The van der Waals surface area contributed by atoms with Gasteiger partial charge >= 0.3 is 0 Å². The molecule has 128 valence electrons. The Balaban J connectivity index is 1.74. The summed E-state index contributed by atoms with van der Waals surface area (Å²) in [5, 5.41) is 2.66. The van der Waals surface area contributed by atoms with Crippen LogP contribution in [0, 0.1) is 0 Å². The van der Waals surface area contributed by atoms with Gasteiger partial charge in [0.15, 0.2) is 5.76 Å². The highest BCUT2D eigenvalue weighted by molar-refractivity contribution is 5.91. The quantitative estimate of drug-likeness (QED) is 0.807. The monoisotopic (exact) mass is 330 g/mol. The van der Waals surface area contributed by atoms with Crippen LogP contribution < -0.4 is 10.1 Å². The number of furan rings is 1. The molecule has 6 nitrogen and oxygen atoms in total. The highest BCUT2D eigenvalue weighted by Crippen LogP contribution is 2.13. The first kappa shape index (κ1) is 17.6. The molecular formula is C18H22N2O4. The Morgan fingerprint density at radius 2 is 1.96 bits per heavy atom. The Kier molecular flexibility index (Phi) is 6.42. The average molecular weight is 330 g/mol. The molecule has 24 heavy (non-hydrogen) atoms. The van der Waals surface area contributed by atoms with Crippen molar-refractivity contribution in [3.63, 3.8) is 0 Å². The van der Waals surface area contributed by atoms with E-state index in [1.165, 1.54) is 6.26 Å². The van der Waals surface area contributed by atoms with Gasteiger partial charge in [0, 0.05) is 26.6 Å². The average Bonchev–Trinajstić information content (AvgIpc) is 3.11. The number of rotatable bonds is 8. The van der Waals surface area contributed by atoms with E-state index in [4.69, 9.17) is 9.15 Å². The van der Waals surface area contributed by atoms with E-state index >= 15 is 0 Å². The van der Waals surface area contributed by atoms with Crippen LogP contribution in [0.3, 0.4) is 0 Å². The smallest absolute Gasteiger partial charge is 0.286 e. The lowest BCUT2D eigenvalue weighted by molar-refractivity contribution is -0.130. The lowest BCUT2D eigenvalue weighted by Gasteiger charge is -2.17. The fraction of sp³-hybridized carbons (Fsp3) is 0.333. The fourth-order valence-corrected chi connectivity index (χ4v) is 2.19. The van der Waals surface area contributed by atoms with Gasteiger partial charge in [-0.1, -0.05) is 12.1 Å². The van der Waals surface area contributed by atoms with Gasteiger partial charge in [-0.2, -0.15) is 0 Å². The van der Waals surface area contributed by atoms with E-state index in [0.29, 0.717) is 13.2 Å². The largest absolute Gasteiger partial charge is 0.494 e. The maximum absolute atomic E-state index is 12.1. The van der Waals surface area contributed by atoms with E-state index in [-0.39, 0.29) is 30.5 Å². The van der Waals surface area contributed by atoms with Crippen molar-refractivity contribution in [2.75, 3.05) is 20.2 Å². The molecule has 6 heteroatoms. The minimum Gasteiger partial charge on any atom is -0.494 e. The summed E-state index contributed by atoms with van der Waals surface area (Å²) in [7, 11) is 1.74. The van der Waals surface area contributed by atoms with Gasteiger partial charge in [0.25, 0.3) is 5.91 Å². The van der Waals surface area contributed by atoms with Gasteiger partial charge in [-0.3, -0.25) is 9.59 Å². The number of hydrogen-bond acceptors (Lipinski definition) is 4. The normalized spacial score (nSPS) is 10.2. The maximum atomic E-state index is 12.1. The molecule has 0 aliphatic carbocycles. The van der Waals surface area contributed by atoms with Crippen molar-refractivity contribution in [2.45, 2.75) is 19.9 Å². The third kappa shape index (κ3) is 5.15. The molecule has 0 bridgehead atoms. The second kappa shape index (κ2) is 8.76. The summed E-state index contributed by atoms with van der Waals surface area (Å²) < 4.78 is 10.4. The van der Waals surface area contributed by atoms with E-state index in [9.17, 15) is 9.59 Å². The molecule has 1 heterocycles. The Bertz CT molecular complexity index is 650. The number of hydrogen-bond donors (Lipinski definition) is 1. The molecule has 0 aliphatic heterocycles. The molecule has 2 amide bonds. The van der Waals surface area contributed by atoms with Gasteiger partial charge in [-0.15, -0.1) is 0 Å². The number of ether oxygens (including phenoxy) is 1. The highest BCUT2D eigenvalue weighted by atomic mass is 16.5. The molecule has 0 atom stereocenters. The van der Waals surface area contributed by atoms with Crippen molar-refractivity contribution in [3.05, 3.63) is 54.0 Å². The summed E-state index contributed by atoms with van der Waals surface area (Å²) in [6, 6.07) is 10.9. The van der Waals surface area contributed by atoms with E-state index in [2.05, 4.69) is 5.32 Å². The van der Waals surface area contributed by atoms with Crippen LogP contribution in [0.25, 0.3) is 0 Å². The topological polar surface area (TPSA) is 71.8 Å². The predicted molar refractivity (Wildman–Crippen MR) is 89.7 cm³/mol. The molecule has 2 aromatic rings. The fourth-order valence-electron chi connectivity index (χ4n) is 2.19. The van der Waals surface area contributed by atoms with E-state index in [1.54, 1.807) is 24.1 Å². The summed E-state index contributed by atoms with van der Waals surface area (Å²) in [4.78, 5) is 25.4. The van der Waals surface area contributed by atoms with Crippen LogP contribution in [0.15, 0.2) is 47.1 Å². The van der Waals surface area contributed by atoms with Crippen LogP contribution in [-0.4, -0.2) is 36.9 Å². The minimum absolute atomic E-state index is 0.0383. The molecule has 0 unspecified atom stereocenters. The molecule has 2 rings (SSSR count). The second-order valence-electron chi connectivity index (χ2n) is 5.31. The summed E-state index contributed by atoms with van der Waals surface area (Å²) in [6.07, 6.45) is 1.67. The van der Waals surface area contributed by atoms with Crippen molar-refractivity contribution >= 4 is 11.8 Å².